The van der Waals surface area contributed by atoms with Crippen molar-refractivity contribution in [1.29, 1.82) is 0 Å². The van der Waals surface area contributed by atoms with E-state index >= 15 is 0 Å². The third-order valence-electron chi connectivity index (χ3n) is 13.5. The minimum atomic E-state index is 1.14. The summed E-state index contributed by atoms with van der Waals surface area (Å²) in [6.07, 6.45) is 0. The van der Waals surface area contributed by atoms with Gasteiger partial charge in [0, 0.05) is 64.5 Å². The second-order valence-electron chi connectivity index (χ2n) is 17.3. The lowest BCUT2D eigenvalue weighted by Crippen LogP contribution is -2.11. The Bertz CT molecular complexity index is 3570. The van der Waals surface area contributed by atoms with Gasteiger partial charge in [0.1, 0.15) is 0 Å². The highest BCUT2D eigenvalue weighted by Gasteiger charge is 2.28. The largest absolute Gasteiger partial charge is 0.310 e. The second kappa shape index (κ2) is 14.9. The molecule has 2 aliphatic heterocycles. The van der Waals surface area contributed by atoms with Crippen LogP contribution in [0.3, 0.4) is 0 Å². The van der Waals surface area contributed by atoms with Gasteiger partial charge in [-0.05, 0) is 150 Å². The standard InChI is InChI=1S/C62H38N2S2/c1-5-13-43-33-47(21-17-39(43)9-1)63(48-22-18-40-10-2-6-14-44(40)34-48)51-25-27-53-55-29-30-56-54-28-26-52(38-60(54)66-58-32-31-57(61(55)62(56)58)65-59(53)37-51)64(49-23-19-41-11-3-7-15-45(41)35-49)50-24-20-42-12-4-8-16-46(42)36-50/h1-38H. The van der Waals surface area contributed by atoms with E-state index in [-0.39, 0.29) is 0 Å². The minimum absolute atomic E-state index is 1.14. The molecule has 2 heterocycles. The van der Waals surface area contributed by atoms with Crippen LogP contribution in [-0.4, -0.2) is 0 Å². The zero-order chi connectivity index (χ0) is 43.3. The van der Waals surface area contributed by atoms with E-state index < -0.39 is 0 Å². The lowest BCUT2D eigenvalue weighted by molar-refractivity contribution is 1.26. The van der Waals surface area contributed by atoms with Crippen LogP contribution in [0.15, 0.2) is 250 Å². The van der Waals surface area contributed by atoms with Gasteiger partial charge in [0.05, 0.1) is 0 Å². The SMILES string of the molecule is c1ccc2cc(N(c3ccc4c(c3)Sc3ccc5c6c(ccc-4c36)-c3ccc(N(c4ccc6ccccc6c4)c4ccc6ccccc6c4)cc3S5)c3ccc4ccccc4c3)ccc2c1. The molecule has 2 nitrogen and oxygen atoms in total. The normalized spacial score (nSPS) is 12.4. The lowest BCUT2D eigenvalue weighted by atomic mass is 9.91. The van der Waals surface area contributed by atoms with Crippen LogP contribution in [0.4, 0.5) is 34.1 Å². The Hall–Kier alpha value is -7.76. The molecule has 0 amide bonds. The fraction of sp³-hybridized carbons (Fsp3) is 0. The highest BCUT2D eigenvalue weighted by Crippen LogP contribution is 2.57. The smallest absolute Gasteiger partial charge is 0.0473 e. The van der Waals surface area contributed by atoms with E-state index in [1.807, 2.05) is 23.5 Å². The average molecular weight is 875 g/mol. The van der Waals surface area contributed by atoms with Gasteiger partial charge in [0.15, 0.2) is 0 Å². The topological polar surface area (TPSA) is 6.48 Å². The van der Waals surface area contributed by atoms with Crippen LogP contribution in [0.2, 0.25) is 0 Å². The number of rotatable bonds is 6. The van der Waals surface area contributed by atoms with E-state index in [9.17, 15) is 0 Å². The molecule has 0 saturated carbocycles. The first-order valence-electron chi connectivity index (χ1n) is 22.5. The van der Waals surface area contributed by atoms with E-state index in [1.54, 1.807) is 0 Å². The molecule has 12 aromatic carbocycles. The minimum Gasteiger partial charge on any atom is -0.310 e. The van der Waals surface area contributed by atoms with Crippen molar-refractivity contribution in [3.63, 3.8) is 0 Å². The summed E-state index contributed by atoms with van der Waals surface area (Å²) in [5.74, 6) is 0. The first-order valence-corrected chi connectivity index (χ1v) is 24.1. The maximum absolute atomic E-state index is 2.41. The number of fused-ring (bicyclic) bond motifs is 8. The fourth-order valence-electron chi connectivity index (χ4n) is 10.4. The third-order valence-corrected chi connectivity index (χ3v) is 15.8. The predicted molar refractivity (Wildman–Crippen MR) is 282 cm³/mol. The molecule has 0 aliphatic carbocycles. The Morgan fingerprint density at radius 1 is 0.212 bits per heavy atom. The highest BCUT2D eigenvalue weighted by atomic mass is 32.2. The molecule has 14 rings (SSSR count). The van der Waals surface area contributed by atoms with Crippen molar-refractivity contribution >= 4 is 112 Å². The molecule has 4 heteroatoms. The van der Waals surface area contributed by atoms with Gasteiger partial charge in [-0.25, -0.2) is 0 Å². The fourth-order valence-corrected chi connectivity index (χ4v) is 12.7. The summed E-state index contributed by atoms with van der Waals surface area (Å²) in [5.41, 5.74) is 12.0. The van der Waals surface area contributed by atoms with Crippen molar-refractivity contribution in [2.24, 2.45) is 0 Å². The van der Waals surface area contributed by atoms with E-state index in [1.165, 1.54) is 95.7 Å². The number of hydrogen-bond donors (Lipinski definition) is 0. The monoisotopic (exact) mass is 874 g/mol. The van der Waals surface area contributed by atoms with E-state index in [0.717, 1.165) is 34.1 Å². The number of nitrogens with zero attached hydrogens (tertiary/aromatic N) is 2. The molecule has 0 radical (unpaired) electrons. The third kappa shape index (κ3) is 6.06. The summed E-state index contributed by atoms with van der Waals surface area (Å²) >= 11 is 3.79. The Morgan fingerprint density at radius 2 is 0.485 bits per heavy atom. The molecule has 12 aromatic rings. The molecule has 0 aromatic heterocycles. The van der Waals surface area contributed by atoms with Crippen LogP contribution in [0.25, 0.3) is 76.1 Å². The van der Waals surface area contributed by atoms with Gasteiger partial charge in [-0.3, -0.25) is 0 Å². The van der Waals surface area contributed by atoms with Gasteiger partial charge in [-0.2, -0.15) is 0 Å². The number of anilines is 6. The van der Waals surface area contributed by atoms with Crippen molar-refractivity contribution in [3.05, 3.63) is 231 Å². The molecule has 0 bridgehead atoms. The summed E-state index contributed by atoms with van der Waals surface area (Å²) in [5, 5.41) is 12.6. The Labute approximate surface area is 391 Å². The molecule has 308 valence electrons. The first-order chi connectivity index (χ1) is 32.7. The summed E-state index contributed by atoms with van der Waals surface area (Å²) in [7, 11) is 0. The maximum atomic E-state index is 2.41. The van der Waals surface area contributed by atoms with Gasteiger partial charge >= 0.3 is 0 Å². The van der Waals surface area contributed by atoms with Gasteiger partial charge in [-0.1, -0.05) is 169 Å². The van der Waals surface area contributed by atoms with Crippen LogP contribution < -0.4 is 9.80 Å². The molecule has 0 unspecified atom stereocenters. The van der Waals surface area contributed by atoms with E-state index in [0.29, 0.717) is 0 Å². The zero-order valence-corrected chi connectivity index (χ0v) is 37.3. The van der Waals surface area contributed by atoms with E-state index in [4.69, 9.17) is 0 Å². The summed E-state index contributed by atoms with van der Waals surface area (Å²) in [6.45, 7) is 0. The van der Waals surface area contributed by atoms with Crippen molar-refractivity contribution in [3.8, 4) is 22.3 Å². The van der Waals surface area contributed by atoms with Crippen LogP contribution in [0, 0.1) is 0 Å². The lowest BCUT2D eigenvalue weighted by Gasteiger charge is -2.30. The molecule has 0 N–H and O–H groups in total. The Kier molecular flexibility index (Phi) is 8.49. The van der Waals surface area contributed by atoms with Crippen LogP contribution in [-0.2, 0) is 0 Å². The zero-order valence-electron chi connectivity index (χ0n) is 35.7. The van der Waals surface area contributed by atoms with Crippen molar-refractivity contribution < 1.29 is 0 Å². The molecule has 0 atom stereocenters. The first kappa shape index (κ1) is 37.6. The molecule has 0 fully saturated rings. The van der Waals surface area contributed by atoms with Crippen molar-refractivity contribution in [1.82, 2.24) is 0 Å². The predicted octanol–water partition coefficient (Wildman–Crippen LogP) is 18.7. The maximum Gasteiger partial charge on any atom is 0.0473 e. The van der Waals surface area contributed by atoms with Crippen LogP contribution >= 0.6 is 23.5 Å². The molecule has 0 spiro atoms. The highest BCUT2D eigenvalue weighted by molar-refractivity contribution is 8.00. The molecular formula is C62H38N2S2. The average Bonchev–Trinajstić information content (AvgIpc) is 3.37. The summed E-state index contributed by atoms with van der Waals surface area (Å²) in [6, 6.07) is 85.3. The van der Waals surface area contributed by atoms with Gasteiger partial charge in [0.2, 0.25) is 0 Å². The molecule has 0 saturated heterocycles. The number of benzene rings is 12. The van der Waals surface area contributed by atoms with Crippen molar-refractivity contribution in [2.45, 2.75) is 19.6 Å². The van der Waals surface area contributed by atoms with E-state index in [2.05, 4.69) is 240 Å². The molecular weight excluding hydrogens is 837 g/mol. The van der Waals surface area contributed by atoms with Gasteiger partial charge < -0.3 is 9.80 Å². The molecule has 2 aliphatic rings. The Morgan fingerprint density at radius 3 is 0.818 bits per heavy atom. The van der Waals surface area contributed by atoms with Crippen molar-refractivity contribution in [2.75, 3.05) is 9.80 Å². The molecule has 66 heavy (non-hydrogen) atoms. The second-order valence-corrected chi connectivity index (χ2v) is 19.5. The Balaban J connectivity index is 0.871. The number of hydrogen-bond acceptors (Lipinski definition) is 4. The van der Waals surface area contributed by atoms with Gasteiger partial charge in [0.25, 0.3) is 0 Å². The van der Waals surface area contributed by atoms with Crippen LogP contribution in [0.1, 0.15) is 0 Å². The summed E-state index contributed by atoms with van der Waals surface area (Å²) < 4.78 is 0. The van der Waals surface area contributed by atoms with Gasteiger partial charge in [-0.15, -0.1) is 0 Å². The quantitative estimate of drug-likeness (QED) is 0.164. The summed E-state index contributed by atoms with van der Waals surface area (Å²) in [4.78, 5) is 9.97. The van der Waals surface area contributed by atoms with Crippen LogP contribution in [0.5, 0.6) is 0 Å².